The zero-order chi connectivity index (χ0) is 12.7. The van der Waals surface area contributed by atoms with E-state index in [1.165, 1.54) is 12.8 Å². The van der Waals surface area contributed by atoms with Crippen LogP contribution in [0, 0.1) is 10.8 Å². The fourth-order valence-corrected chi connectivity index (χ4v) is 2.21. The minimum Gasteiger partial charge on any atom is -0.396 e. The standard InChI is InChI=1S/C14H30O2/c1-6-7-8-9-16-12-14(5,11-15)10-13(2,3)4/h15H,6-12H2,1-5H3. The van der Waals surface area contributed by atoms with Crippen LogP contribution in [0.3, 0.4) is 0 Å². The summed E-state index contributed by atoms with van der Waals surface area (Å²) in [6.07, 6.45) is 4.58. The van der Waals surface area contributed by atoms with Gasteiger partial charge in [-0.3, -0.25) is 0 Å². The third kappa shape index (κ3) is 8.12. The second kappa shape index (κ2) is 7.29. The average Bonchev–Trinajstić information content (AvgIpc) is 2.15. The minimum atomic E-state index is -0.0928. The third-order valence-corrected chi connectivity index (χ3v) is 2.68. The normalized spacial score (nSPS) is 16.1. The highest BCUT2D eigenvalue weighted by atomic mass is 16.5. The molecule has 98 valence electrons. The van der Waals surface area contributed by atoms with Gasteiger partial charge >= 0.3 is 0 Å². The van der Waals surface area contributed by atoms with Gasteiger partial charge in [-0.1, -0.05) is 47.5 Å². The molecule has 0 amide bonds. The number of aliphatic hydroxyl groups excluding tert-OH is 1. The topological polar surface area (TPSA) is 29.5 Å². The second-order valence-electron chi connectivity index (χ2n) is 6.47. The van der Waals surface area contributed by atoms with Gasteiger partial charge in [0.25, 0.3) is 0 Å². The van der Waals surface area contributed by atoms with E-state index in [4.69, 9.17) is 4.74 Å². The molecular weight excluding hydrogens is 200 g/mol. The molecule has 0 aromatic carbocycles. The Morgan fingerprint density at radius 2 is 1.69 bits per heavy atom. The summed E-state index contributed by atoms with van der Waals surface area (Å²) < 4.78 is 5.68. The summed E-state index contributed by atoms with van der Waals surface area (Å²) in [6.45, 7) is 12.6. The van der Waals surface area contributed by atoms with E-state index in [0.717, 1.165) is 19.4 Å². The van der Waals surface area contributed by atoms with Crippen LogP contribution in [0.15, 0.2) is 0 Å². The monoisotopic (exact) mass is 230 g/mol. The van der Waals surface area contributed by atoms with Crippen LogP contribution in [-0.4, -0.2) is 24.9 Å². The van der Waals surface area contributed by atoms with Crippen molar-refractivity contribution in [3.05, 3.63) is 0 Å². The maximum Gasteiger partial charge on any atom is 0.0541 e. The van der Waals surface area contributed by atoms with Crippen LogP contribution in [0.5, 0.6) is 0 Å². The van der Waals surface area contributed by atoms with Gasteiger partial charge in [0, 0.05) is 12.0 Å². The molecule has 0 aliphatic carbocycles. The molecule has 0 radical (unpaired) electrons. The smallest absolute Gasteiger partial charge is 0.0541 e. The molecule has 0 saturated heterocycles. The van der Waals surface area contributed by atoms with Crippen LogP contribution in [0.1, 0.15) is 60.3 Å². The molecule has 0 aromatic heterocycles. The van der Waals surface area contributed by atoms with Gasteiger partial charge in [0.15, 0.2) is 0 Å². The van der Waals surface area contributed by atoms with Crippen molar-refractivity contribution in [1.29, 1.82) is 0 Å². The van der Waals surface area contributed by atoms with Gasteiger partial charge in [0.1, 0.15) is 0 Å². The molecule has 0 rings (SSSR count). The molecule has 16 heavy (non-hydrogen) atoms. The molecule has 1 atom stereocenters. The highest BCUT2D eigenvalue weighted by molar-refractivity contribution is 4.79. The van der Waals surface area contributed by atoms with E-state index < -0.39 is 0 Å². The lowest BCUT2D eigenvalue weighted by atomic mass is 9.76. The summed E-state index contributed by atoms with van der Waals surface area (Å²) in [5, 5.41) is 9.47. The lowest BCUT2D eigenvalue weighted by Gasteiger charge is -2.33. The molecule has 1 unspecified atom stereocenters. The number of rotatable bonds is 8. The van der Waals surface area contributed by atoms with Gasteiger partial charge in [-0.15, -0.1) is 0 Å². The summed E-state index contributed by atoms with van der Waals surface area (Å²) in [5.41, 5.74) is 0.148. The summed E-state index contributed by atoms with van der Waals surface area (Å²) in [7, 11) is 0. The molecule has 0 bridgehead atoms. The van der Waals surface area contributed by atoms with E-state index >= 15 is 0 Å². The predicted octanol–water partition coefficient (Wildman–Crippen LogP) is 3.63. The maximum absolute atomic E-state index is 9.47. The molecule has 2 heteroatoms. The number of aliphatic hydroxyl groups is 1. The first-order valence-electron chi connectivity index (χ1n) is 6.51. The number of ether oxygens (including phenoxy) is 1. The zero-order valence-electron chi connectivity index (χ0n) is 11.8. The Hall–Kier alpha value is -0.0800. The Balaban J connectivity index is 3.88. The molecule has 0 heterocycles. The van der Waals surface area contributed by atoms with Crippen molar-refractivity contribution in [2.75, 3.05) is 19.8 Å². The number of hydrogen-bond acceptors (Lipinski definition) is 2. The van der Waals surface area contributed by atoms with E-state index in [-0.39, 0.29) is 17.4 Å². The predicted molar refractivity (Wildman–Crippen MR) is 69.6 cm³/mol. The van der Waals surface area contributed by atoms with Crippen molar-refractivity contribution in [2.24, 2.45) is 10.8 Å². The fraction of sp³-hybridized carbons (Fsp3) is 1.00. The average molecular weight is 230 g/mol. The van der Waals surface area contributed by atoms with Gasteiger partial charge in [-0.05, 0) is 18.3 Å². The molecule has 0 spiro atoms. The molecule has 0 aliphatic rings. The van der Waals surface area contributed by atoms with E-state index in [2.05, 4.69) is 34.6 Å². The molecule has 0 aromatic rings. The first-order chi connectivity index (χ1) is 7.33. The van der Waals surface area contributed by atoms with Gasteiger partial charge < -0.3 is 9.84 Å². The summed E-state index contributed by atoms with van der Waals surface area (Å²) in [5.74, 6) is 0. The minimum absolute atomic E-state index is 0.0928. The van der Waals surface area contributed by atoms with Crippen LogP contribution in [0.25, 0.3) is 0 Å². The Morgan fingerprint density at radius 1 is 1.06 bits per heavy atom. The van der Waals surface area contributed by atoms with Gasteiger partial charge in [0.05, 0.1) is 13.2 Å². The molecule has 0 aliphatic heterocycles. The van der Waals surface area contributed by atoms with Crippen molar-refractivity contribution >= 4 is 0 Å². The number of unbranched alkanes of at least 4 members (excludes halogenated alkanes) is 2. The van der Waals surface area contributed by atoms with Crippen molar-refractivity contribution < 1.29 is 9.84 Å². The van der Waals surface area contributed by atoms with Crippen molar-refractivity contribution in [2.45, 2.75) is 60.3 Å². The van der Waals surface area contributed by atoms with E-state index in [0.29, 0.717) is 6.61 Å². The van der Waals surface area contributed by atoms with Crippen molar-refractivity contribution in [3.8, 4) is 0 Å². The van der Waals surface area contributed by atoms with Crippen LogP contribution < -0.4 is 0 Å². The van der Waals surface area contributed by atoms with Gasteiger partial charge in [0.2, 0.25) is 0 Å². The molecule has 0 fully saturated rings. The molecular formula is C14H30O2. The second-order valence-corrected chi connectivity index (χ2v) is 6.47. The molecule has 0 saturated carbocycles. The number of hydrogen-bond donors (Lipinski definition) is 1. The highest BCUT2D eigenvalue weighted by Crippen LogP contribution is 2.33. The Morgan fingerprint density at radius 3 is 2.12 bits per heavy atom. The highest BCUT2D eigenvalue weighted by Gasteiger charge is 2.29. The van der Waals surface area contributed by atoms with Crippen LogP contribution in [0.2, 0.25) is 0 Å². The Bertz CT molecular complexity index is 172. The Labute approximate surface area is 101 Å². The summed E-state index contributed by atoms with van der Waals surface area (Å²) >= 11 is 0. The van der Waals surface area contributed by atoms with Crippen LogP contribution in [0.4, 0.5) is 0 Å². The van der Waals surface area contributed by atoms with E-state index in [1.54, 1.807) is 0 Å². The first kappa shape index (κ1) is 15.9. The van der Waals surface area contributed by atoms with Gasteiger partial charge in [-0.2, -0.15) is 0 Å². The van der Waals surface area contributed by atoms with E-state index in [1.807, 2.05) is 0 Å². The Kier molecular flexibility index (Phi) is 7.25. The first-order valence-corrected chi connectivity index (χ1v) is 6.51. The van der Waals surface area contributed by atoms with Crippen LogP contribution >= 0.6 is 0 Å². The third-order valence-electron chi connectivity index (χ3n) is 2.68. The summed E-state index contributed by atoms with van der Waals surface area (Å²) in [6, 6.07) is 0. The lowest BCUT2D eigenvalue weighted by molar-refractivity contribution is -0.00691. The van der Waals surface area contributed by atoms with E-state index in [9.17, 15) is 5.11 Å². The molecule has 2 nitrogen and oxygen atoms in total. The fourth-order valence-electron chi connectivity index (χ4n) is 2.21. The zero-order valence-corrected chi connectivity index (χ0v) is 11.8. The SMILES string of the molecule is CCCCCOCC(C)(CO)CC(C)(C)C. The van der Waals surface area contributed by atoms with Crippen molar-refractivity contribution in [3.63, 3.8) is 0 Å². The maximum atomic E-state index is 9.47. The largest absolute Gasteiger partial charge is 0.396 e. The van der Waals surface area contributed by atoms with Crippen LogP contribution in [-0.2, 0) is 4.74 Å². The van der Waals surface area contributed by atoms with Crippen molar-refractivity contribution in [1.82, 2.24) is 0 Å². The van der Waals surface area contributed by atoms with Gasteiger partial charge in [-0.25, -0.2) is 0 Å². The molecule has 1 N–H and O–H groups in total. The quantitative estimate of drug-likeness (QED) is 0.645. The lowest BCUT2D eigenvalue weighted by Crippen LogP contribution is -2.32. The summed E-state index contributed by atoms with van der Waals surface area (Å²) in [4.78, 5) is 0.